The van der Waals surface area contributed by atoms with Crippen molar-refractivity contribution in [2.45, 2.75) is 50.5 Å². The first-order chi connectivity index (χ1) is 13.9. The molecule has 0 spiro atoms. The Morgan fingerprint density at radius 3 is 2.52 bits per heavy atom. The smallest absolute Gasteiger partial charge is 0.264 e. The second-order valence-electron chi connectivity index (χ2n) is 7.32. The Morgan fingerprint density at radius 2 is 1.90 bits per heavy atom. The van der Waals surface area contributed by atoms with E-state index in [0.717, 1.165) is 19.3 Å². The fourth-order valence-electron chi connectivity index (χ4n) is 3.78. The van der Waals surface area contributed by atoms with E-state index in [1.807, 2.05) is 0 Å². The molecular formula is C21H28N2O4S2. The molecule has 1 saturated carbocycles. The lowest BCUT2D eigenvalue weighted by Crippen LogP contribution is -2.41. The Labute approximate surface area is 176 Å². The van der Waals surface area contributed by atoms with Crippen molar-refractivity contribution >= 4 is 33.0 Å². The van der Waals surface area contributed by atoms with Crippen molar-refractivity contribution < 1.29 is 17.9 Å². The van der Waals surface area contributed by atoms with Crippen LogP contribution in [0.25, 0.3) is 0 Å². The summed E-state index contributed by atoms with van der Waals surface area (Å²) in [6.45, 7) is 4.15. The maximum Gasteiger partial charge on any atom is 0.264 e. The Hall–Kier alpha value is -2.06. The van der Waals surface area contributed by atoms with E-state index in [1.165, 1.54) is 41.3 Å². The molecule has 8 heteroatoms. The molecule has 2 atom stereocenters. The van der Waals surface area contributed by atoms with Crippen molar-refractivity contribution in [3.05, 3.63) is 40.6 Å². The van der Waals surface area contributed by atoms with Crippen molar-refractivity contribution in [1.29, 1.82) is 0 Å². The second-order valence-corrected chi connectivity index (χ2v) is 10.1. The lowest BCUT2D eigenvalue weighted by atomic mass is 9.86. The van der Waals surface area contributed by atoms with Gasteiger partial charge < -0.3 is 10.1 Å². The number of thiophene rings is 1. The highest BCUT2D eigenvalue weighted by Crippen LogP contribution is 2.32. The molecular weight excluding hydrogens is 408 g/mol. The number of hydrogen-bond acceptors (Lipinski definition) is 5. The van der Waals surface area contributed by atoms with Crippen molar-refractivity contribution in [2.24, 2.45) is 5.92 Å². The largest absolute Gasteiger partial charge is 0.497 e. The van der Waals surface area contributed by atoms with E-state index < -0.39 is 10.0 Å². The number of carbonyl (C=O) groups excluding carboxylic acids is 1. The van der Waals surface area contributed by atoms with Crippen LogP contribution in [0.2, 0.25) is 0 Å². The van der Waals surface area contributed by atoms with E-state index in [1.54, 1.807) is 30.5 Å². The van der Waals surface area contributed by atoms with Gasteiger partial charge in [0.15, 0.2) is 0 Å². The van der Waals surface area contributed by atoms with Crippen LogP contribution in [0.5, 0.6) is 5.75 Å². The average molecular weight is 437 g/mol. The van der Waals surface area contributed by atoms with E-state index in [2.05, 4.69) is 12.2 Å². The molecule has 0 aliphatic heterocycles. The van der Waals surface area contributed by atoms with Gasteiger partial charge in [0.25, 0.3) is 15.9 Å². The summed E-state index contributed by atoms with van der Waals surface area (Å²) < 4.78 is 32.9. The van der Waals surface area contributed by atoms with Crippen LogP contribution in [0.3, 0.4) is 0 Å². The fraction of sp³-hybridized carbons (Fsp3) is 0.476. The summed E-state index contributed by atoms with van der Waals surface area (Å²) >= 11 is 1.27. The molecule has 1 aromatic heterocycles. The standard InChI is InChI=1S/C21H28N2O4S2/c1-4-23(29(25,26)17-11-9-16(27-3)10-12-17)19-13-14-28-20(19)21(24)22-18-8-6-5-7-15(18)2/h9-15,18H,4-8H2,1-3H3,(H,22,24). The topological polar surface area (TPSA) is 75.7 Å². The third-order valence-electron chi connectivity index (χ3n) is 5.48. The maximum atomic E-state index is 13.2. The van der Waals surface area contributed by atoms with Gasteiger partial charge in [0, 0.05) is 12.6 Å². The first-order valence-corrected chi connectivity index (χ1v) is 12.3. The molecule has 1 N–H and O–H groups in total. The van der Waals surface area contributed by atoms with E-state index >= 15 is 0 Å². The zero-order chi connectivity index (χ0) is 21.0. The number of methoxy groups -OCH3 is 1. The van der Waals surface area contributed by atoms with Gasteiger partial charge in [-0.1, -0.05) is 19.8 Å². The van der Waals surface area contributed by atoms with Crippen LogP contribution in [-0.4, -0.2) is 34.0 Å². The third-order valence-corrected chi connectivity index (χ3v) is 8.29. The molecule has 0 radical (unpaired) electrons. The van der Waals surface area contributed by atoms with Crippen LogP contribution in [-0.2, 0) is 10.0 Å². The van der Waals surface area contributed by atoms with Gasteiger partial charge >= 0.3 is 0 Å². The molecule has 158 valence electrons. The Kier molecular flexibility index (Phi) is 6.85. The molecule has 3 rings (SSSR count). The normalized spacial score (nSPS) is 19.6. The van der Waals surface area contributed by atoms with E-state index in [-0.39, 0.29) is 23.4 Å². The van der Waals surface area contributed by atoms with Crippen molar-refractivity contribution in [3.8, 4) is 5.75 Å². The highest BCUT2D eigenvalue weighted by molar-refractivity contribution is 7.92. The molecule has 1 heterocycles. The highest BCUT2D eigenvalue weighted by Gasteiger charge is 2.30. The first kappa shape index (κ1) is 21.6. The van der Waals surface area contributed by atoms with Gasteiger partial charge in [-0.25, -0.2) is 8.42 Å². The molecule has 1 amide bonds. The Balaban J connectivity index is 1.87. The lowest BCUT2D eigenvalue weighted by Gasteiger charge is -2.30. The molecule has 1 aliphatic rings. The van der Waals surface area contributed by atoms with Crippen LogP contribution >= 0.6 is 11.3 Å². The van der Waals surface area contributed by atoms with Gasteiger partial charge in [-0.15, -0.1) is 11.3 Å². The molecule has 0 bridgehead atoms. The minimum atomic E-state index is -3.79. The summed E-state index contributed by atoms with van der Waals surface area (Å²) in [5.74, 6) is 0.822. The minimum absolute atomic E-state index is 0.138. The van der Waals surface area contributed by atoms with Crippen molar-refractivity contribution in [3.63, 3.8) is 0 Å². The van der Waals surface area contributed by atoms with Gasteiger partial charge in [0.2, 0.25) is 0 Å². The number of hydrogen-bond donors (Lipinski definition) is 1. The average Bonchev–Trinajstić information content (AvgIpc) is 3.19. The van der Waals surface area contributed by atoms with Crippen molar-refractivity contribution in [2.75, 3.05) is 18.0 Å². The van der Waals surface area contributed by atoms with Crippen LogP contribution in [0.15, 0.2) is 40.6 Å². The summed E-state index contributed by atoms with van der Waals surface area (Å²) in [7, 11) is -2.26. The molecule has 1 fully saturated rings. The summed E-state index contributed by atoms with van der Waals surface area (Å²) in [5, 5.41) is 4.89. The predicted molar refractivity (Wildman–Crippen MR) is 116 cm³/mol. The summed E-state index contributed by atoms with van der Waals surface area (Å²) in [6, 6.07) is 8.12. The molecule has 29 heavy (non-hydrogen) atoms. The second kappa shape index (κ2) is 9.17. The lowest BCUT2D eigenvalue weighted by molar-refractivity contribution is 0.0915. The predicted octanol–water partition coefficient (Wildman–Crippen LogP) is 4.28. The molecule has 1 aromatic carbocycles. The number of ether oxygens (including phenoxy) is 1. The number of benzene rings is 1. The molecule has 2 aromatic rings. The number of sulfonamides is 1. The number of nitrogens with one attached hydrogen (secondary N) is 1. The number of nitrogens with zero attached hydrogens (tertiary/aromatic N) is 1. The van der Waals surface area contributed by atoms with Gasteiger partial charge in [-0.2, -0.15) is 0 Å². The quantitative estimate of drug-likeness (QED) is 0.703. The van der Waals surface area contributed by atoms with Gasteiger partial charge in [-0.05, 0) is 61.4 Å². The third kappa shape index (κ3) is 4.59. The number of anilines is 1. The van der Waals surface area contributed by atoms with Crippen LogP contribution < -0.4 is 14.4 Å². The van der Waals surface area contributed by atoms with E-state index in [0.29, 0.717) is 22.2 Å². The van der Waals surface area contributed by atoms with Crippen LogP contribution in [0, 0.1) is 5.92 Å². The molecule has 2 unspecified atom stereocenters. The van der Waals surface area contributed by atoms with Gasteiger partial charge in [-0.3, -0.25) is 9.10 Å². The van der Waals surface area contributed by atoms with Crippen molar-refractivity contribution in [1.82, 2.24) is 5.32 Å². The molecule has 1 aliphatic carbocycles. The monoisotopic (exact) mass is 436 g/mol. The minimum Gasteiger partial charge on any atom is -0.497 e. The number of rotatable bonds is 7. The highest BCUT2D eigenvalue weighted by atomic mass is 32.2. The first-order valence-electron chi connectivity index (χ1n) is 9.93. The van der Waals surface area contributed by atoms with E-state index in [9.17, 15) is 13.2 Å². The summed E-state index contributed by atoms with van der Waals surface area (Å²) in [4.78, 5) is 13.6. The number of amides is 1. The van der Waals surface area contributed by atoms with Crippen LogP contribution in [0.1, 0.15) is 49.2 Å². The summed E-state index contributed by atoms with van der Waals surface area (Å²) in [6.07, 6.45) is 4.38. The number of carbonyl (C=O) groups is 1. The van der Waals surface area contributed by atoms with Crippen LogP contribution in [0.4, 0.5) is 5.69 Å². The van der Waals surface area contributed by atoms with Gasteiger partial charge in [0.1, 0.15) is 10.6 Å². The zero-order valence-electron chi connectivity index (χ0n) is 17.1. The Morgan fingerprint density at radius 1 is 1.21 bits per heavy atom. The molecule has 0 saturated heterocycles. The maximum absolute atomic E-state index is 13.2. The Bertz CT molecular complexity index is 938. The fourth-order valence-corrected chi connectivity index (χ4v) is 6.12. The zero-order valence-corrected chi connectivity index (χ0v) is 18.7. The van der Waals surface area contributed by atoms with E-state index in [4.69, 9.17) is 4.74 Å². The SMILES string of the molecule is CCN(c1ccsc1C(=O)NC1CCCCC1C)S(=O)(=O)c1ccc(OC)cc1. The summed E-state index contributed by atoms with van der Waals surface area (Å²) in [5.41, 5.74) is 0.425. The molecule has 6 nitrogen and oxygen atoms in total. The van der Waals surface area contributed by atoms with Gasteiger partial charge in [0.05, 0.1) is 17.7 Å².